The van der Waals surface area contributed by atoms with E-state index in [0.717, 1.165) is 18.9 Å². The molecule has 0 atom stereocenters. The molecule has 0 unspecified atom stereocenters. The van der Waals surface area contributed by atoms with Crippen molar-refractivity contribution in [1.82, 2.24) is 5.06 Å². The number of nitrogens with zero attached hydrogens (tertiary/aromatic N) is 1. The summed E-state index contributed by atoms with van der Waals surface area (Å²) in [7, 11) is 0. The number of halogens is 3. The van der Waals surface area contributed by atoms with Crippen molar-refractivity contribution in [3.8, 4) is 0 Å². The summed E-state index contributed by atoms with van der Waals surface area (Å²) in [6.07, 6.45) is -2.31. The number of hydrogen-bond acceptors (Lipinski definition) is 2. The maximum atomic E-state index is 11.5. The second-order valence-corrected chi connectivity index (χ2v) is 1.38. The summed E-state index contributed by atoms with van der Waals surface area (Å²) >= 11 is 0. The molecular formula is C4H3F3NO. The van der Waals surface area contributed by atoms with Crippen LogP contribution in [-0.2, 0) is 4.84 Å². The second kappa shape index (κ2) is 1.91. The van der Waals surface area contributed by atoms with Crippen LogP contribution >= 0.6 is 0 Å². The lowest BCUT2D eigenvalue weighted by Crippen LogP contribution is -2.31. The Balaban J connectivity index is 2.46. The molecule has 5 heteroatoms. The van der Waals surface area contributed by atoms with Crippen molar-refractivity contribution in [1.29, 1.82) is 0 Å². The Morgan fingerprint density at radius 3 is 2.22 bits per heavy atom. The minimum absolute atomic E-state index is 0.188. The first-order valence-corrected chi connectivity index (χ1v) is 2.13. The van der Waals surface area contributed by atoms with Crippen molar-refractivity contribution in [2.45, 2.75) is 6.30 Å². The maximum Gasteiger partial charge on any atom is 0.492 e. The van der Waals surface area contributed by atoms with E-state index in [1.807, 2.05) is 0 Å². The van der Waals surface area contributed by atoms with Gasteiger partial charge in [-0.25, -0.2) is 0 Å². The molecule has 0 saturated carbocycles. The molecule has 1 heterocycles. The molecular weight excluding hydrogens is 135 g/mol. The molecule has 0 aliphatic carbocycles. The monoisotopic (exact) mass is 138 g/mol. The molecule has 0 aromatic carbocycles. The molecule has 1 radical (unpaired) electrons. The van der Waals surface area contributed by atoms with Gasteiger partial charge in [0.25, 0.3) is 0 Å². The fourth-order valence-corrected chi connectivity index (χ4v) is 0.393. The number of rotatable bonds is 0. The van der Waals surface area contributed by atoms with Crippen LogP contribution in [0, 0.1) is 6.54 Å². The van der Waals surface area contributed by atoms with Crippen LogP contribution in [0.1, 0.15) is 0 Å². The second-order valence-electron chi connectivity index (χ2n) is 1.38. The smallest absolute Gasteiger partial charge is 0.405 e. The molecule has 0 aromatic rings. The highest BCUT2D eigenvalue weighted by Gasteiger charge is 2.40. The largest absolute Gasteiger partial charge is 0.492 e. The molecule has 0 fully saturated rings. The molecule has 0 saturated heterocycles. The third kappa shape index (κ3) is 1.35. The van der Waals surface area contributed by atoms with E-state index in [2.05, 4.69) is 4.84 Å². The minimum Gasteiger partial charge on any atom is -0.405 e. The van der Waals surface area contributed by atoms with Crippen molar-refractivity contribution < 1.29 is 18.0 Å². The maximum absolute atomic E-state index is 11.5. The van der Waals surface area contributed by atoms with Gasteiger partial charge in [-0.15, -0.1) is 0 Å². The topological polar surface area (TPSA) is 12.5 Å². The molecule has 9 heavy (non-hydrogen) atoms. The molecule has 0 bridgehead atoms. The lowest BCUT2D eigenvalue weighted by Gasteiger charge is -2.15. The summed E-state index contributed by atoms with van der Waals surface area (Å²) in [5.41, 5.74) is 0. The number of alkyl halides is 3. The van der Waals surface area contributed by atoms with Crippen molar-refractivity contribution in [3.63, 3.8) is 0 Å². The average molecular weight is 138 g/mol. The van der Waals surface area contributed by atoms with E-state index in [9.17, 15) is 13.2 Å². The molecule has 1 aliphatic heterocycles. The fourth-order valence-electron chi connectivity index (χ4n) is 0.393. The van der Waals surface area contributed by atoms with Crippen LogP contribution in [0.5, 0.6) is 0 Å². The van der Waals surface area contributed by atoms with E-state index in [1.165, 1.54) is 0 Å². The third-order valence-corrected chi connectivity index (χ3v) is 0.724. The summed E-state index contributed by atoms with van der Waals surface area (Å²) in [5, 5.41) is -0.188. The Kier molecular flexibility index (Phi) is 1.36. The van der Waals surface area contributed by atoms with E-state index in [1.54, 1.807) is 0 Å². The zero-order valence-corrected chi connectivity index (χ0v) is 4.22. The van der Waals surface area contributed by atoms with Crippen LogP contribution in [0.15, 0.2) is 12.3 Å². The van der Waals surface area contributed by atoms with Gasteiger partial charge in [-0.05, 0) is 11.1 Å². The summed E-state index contributed by atoms with van der Waals surface area (Å²) < 4.78 is 34.5. The standard InChI is InChI=1S/C4H3F3NO/c5-4(6,7)8-2-1-3-9-8/h1-3H. The van der Waals surface area contributed by atoms with Gasteiger partial charge in [0.15, 0.2) is 0 Å². The molecule has 51 valence electrons. The van der Waals surface area contributed by atoms with Crippen molar-refractivity contribution in [2.75, 3.05) is 0 Å². The Morgan fingerprint density at radius 1 is 1.33 bits per heavy atom. The van der Waals surface area contributed by atoms with Crippen molar-refractivity contribution >= 4 is 0 Å². The lowest BCUT2D eigenvalue weighted by molar-refractivity contribution is -0.330. The van der Waals surface area contributed by atoms with Crippen LogP contribution < -0.4 is 0 Å². The Morgan fingerprint density at radius 2 is 2.00 bits per heavy atom. The Hall–Kier alpha value is -0.710. The summed E-state index contributed by atoms with van der Waals surface area (Å²) in [5.74, 6) is 0. The zero-order chi connectivity index (χ0) is 6.91. The summed E-state index contributed by atoms with van der Waals surface area (Å²) in [4.78, 5) is 3.99. The lowest BCUT2D eigenvalue weighted by atomic mass is 10.6. The van der Waals surface area contributed by atoms with Gasteiger partial charge in [-0.1, -0.05) is 0 Å². The predicted octanol–water partition coefficient (Wildman–Crippen LogP) is 1.43. The number of hydrogen-bond donors (Lipinski definition) is 0. The summed E-state index contributed by atoms with van der Waals surface area (Å²) in [6.45, 7) is 0.792. The quantitative estimate of drug-likeness (QED) is 0.469. The minimum atomic E-state index is -4.43. The normalized spacial score (nSPS) is 20.3. The van der Waals surface area contributed by atoms with E-state index < -0.39 is 6.30 Å². The van der Waals surface area contributed by atoms with Crippen LogP contribution in [0.25, 0.3) is 0 Å². The SMILES string of the molecule is FC(F)(F)N1[CH]C=CO1. The molecule has 0 N–H and O–H groups in total. The van der Waals surface area contributed by atoms with Crippen molar-refractivity contribution in [2.24, 2.45) is 0 Å². The van der Waals surface area contributed by atoms with E-state index >= 15 is 0 Å². The Labute approximate surface area is 49.5 Å². The zero-order valence-electron chi connectivity index (χ0n) is 4.22. The van der Waals surface area contributed by atoms with Gasteiger partial charge >= 0.3 is 6.30 Å². The average Bonchev–Trinajstić information content (AvgIpc) is 2.08. The molecule has 2 nitrogen and oxygen atoms in total. The molecule has 1 aliphatic rings. The van der Waals surface area contributed by atoms with Gasteiger partial charge in [0.1, 0.15) is 6.26 Å². The first kappa shape index (κ1) is 6.41. The van der Waals surface area contributed by atoms with Crippen molar-refractivity contribution in [3.05, 3.63) is 18.9 Å². The number of hydroxylamine groups is 2. The van der Waals surface area contributed by atoms with Crippen LogP contribution in [0.2, 0.25) is 0 Å². The predicted molar refractivity (Wildman–Crippen MR) is 22.4 cm³/mol. The van der Waals surface area contributed by atoms with E-state index in [0.29, 0.717) is 0 Å². The highest BCUT2D eigenvalue weighted by atomic mass is 19.4. The van der Waals surface area contributed by atoms with Crippen LogP contribution in [0.4, 0.5) is 13.2 Å². The fraction of sp³-hybridized carbons (Fsp3) is 0.250. The van der Waals surface area contributed by atoms with E-state index in [4.69, 9.17) is 0 Å². The Bertz CT molecular complexity index is 122. The molecule has 1 rings (SSSR count). The summed E-state index contributed by atoms with van der Waals surface area (Å²) in [6, 6.07) is 0. The molecule has 0 aromatic heterocycles. The van der Waals surface area contributed by atoms with Gasteiger partial charge in [0, 0.05) is 0 Å². The van der Waals surface area contributed by atoms with Gasteiger partial charge < -0.3 is 4.84 Å². The highest BCUT2D eigenvalue weighted by Crippen LogP contribution is 2.25. The van der Waals surface area contributed by atoms with Gasteiger partial charge in [-0.3, -0.25) is 0 Å². The van der Waals surface area contributed by atoms with Gasteiger partial charge in [0.05, 0.1) is 6.54 Å². The van der Waals surface area contributed by atoms with Gasteiger partial charge in [0.2, 0.25) is 0 Å². The van der Waals surface area contributed by atoms with Gasteiger partial charge in [-0.2, -0.15) is 13.2 Å². The first-order valence-electron chi connectivity index (χ1n) is 2.13. The molecule has 0 spiro atoms. The van der Waals surface area contributed by atoms with E-state index in [-0.39, 0.29) is 5.06 Å². The van der Waals surface area contributed by atoms with Crippen LogP contribution in [0.3, 0.4) is 0 Å². The molecule has 0 amide bonds. The first-order chi connectivity index (χ1) is 4.11. The van der Waals surface area contributed by atoms with Crippen LogP contribution in [-0.4, -0.2) is 11.4 Å². The third-order valence-electron chi connectivity index (χ3n) is 0.724. The highest BCUT2D eigenvalue weighted by molar-refractivity contribution is 4.93.